The van der Waals surface area contributed by atoms with Crippen molar-refractivity contribution < 1.29 is 22.4 Å². The Morgan fingerprint density at radius 3 is 2.42 bits per heavy atom. The number of anilines is 1. The first-order chi connectivity index (χ1) is 12.3. The van der Waals surface area contributed by atoms with Crippen LogP contribution in [0.15, 0.2) is 53.0 Å². The van der Waals surface area contributed by atoms with Crippen LogP contribution >= 0.6 is 15.9 Å². The van der Waals surface area contributed by atoms with Gasteiger partial charge < -0.3 is 5.32 Å². The molecule has 0 aliphatic rings. The molecule has 5 nitrogen and oxygen atoms in total. The van der Waals surface area contributed by atoms with Gasteiger partial charge >= 0.3 is 6.18 Å². The molecule has 0 radical (unpaired) electrons. The van der Waals surface area contributed by atoms with Crippen molar-refractivity contribution in [2.45, 2.75) is 6.18 Å². The van der Waals surface area contributed by atoms with Crippen LogP contribution < -0.4 is 5.32 Å². The van der Waals surface area contributed by atoms with Crippen molar-refractivity contribution in [2.24, 2.45) is 0 Å². The number of nitrogens with zero attached hydrogens (tertiary/aromatic N) is 3. The molecule has 10 heteroatoms. The van der Waals surface area contributed by atoms with Crippen LogP contribution in [0, 0.1) is 5.82 Å². The molecule has 0 atom stereocenters. The van der Waals surface area contributed by atoms with Gasteiger partial charge in [0.25, 0.3) is 5.91 Å². The third-order valence-electron chi connectivity index (χ3n) is 3.31. The molecule has 3 aromatic rings. The van der Waals surface area contributed by atoms with Gasteiger partial charge in [-0.15, -0.1) is 5.10 Å². The van der Waals surface area contributed by atoms with Crippen LogP contribution in [0.5, 0.6) is 0 Å². The maximum Gasteiger partial charge on any atom is 0.435 e. The Morgan fingerprint density at radius 2 is 1.81 bits per heavy atom. The summed E-state index contributed by atoms with van der Waals surface area (Å²) in [5, 5.41) is 9.13. The van der Waals surface area contributed by atoms with E-state index in [9.17, 15) is 22.4 Å². The Kier molecular flexibility index (Phi) is 4.77. The van der Waals surface area contributed by atoms with E-state index in [1.165, 1.54) is 12.1 Å². The van der Waals surface area contributed by atoms with Crippen molar-refractivity contribution in [3.05, 3.63) is 70.2 Å². The number of halogens is 5. The molecule has 0 aliphatic heterocycles. The number of aromatic nitrogens is 3. The number of carbonyl (C=O) groups excluding carboxylic acids is 1. The zero-order chi connectivity index (χ0) is 18.9. The smallest absolute Gasteiger partial charge is 0.320 e. The molecule has 1 heterocycles. The van der Waals surface area contributed by atoms with Crippen LogP contribution in [-0.2, 0) is 6.18 Å². The lowest BCUT2D eigenvalue weighted by atomic mass is 10.2. The minimum atomic E-state index is -4.90. The molecule has 26 heavy (non-hydrogen) atoms. The highest BCUT2D eigenvalue weighted by Crippen LogP contribution is 2.33. The Bertz CT molecular complexity index is 954. The molecule has 0 saturated heterocycles. The molecule has 1 amide bonds. The van der Waals surface area contributed by atoms with Gasteiger partial charge in [-0.25, -0.2) is 9.07 Å². The summed E-state index contributed by atoms with van der Waals surface area (Å²) in [4.78, 5) is 12.3. The third kappa shape index (κ3) is 3.74. The van der Waals surface area contributed by atoms with Crippen molar-refractivity contribution in [2.75, 3.05) is 5.32 Å². The van der Waals surface area contributed by atoms with Crippen LogP contribution in [0.1, 0.15) is 16.2 Å². The van der Waals surface area contributed by atoms with Crippen LogP contribution in [0.3, 0.4) is 0 Å². The Balaban J connectivity index is 2.02. The van der Waals surface area contributed by atoms with Crippen LogP contribution in [0.2, 0.25) is 0 Å². The van der Waals surface area contributed by atoms with E-state index in [4.69, 9.17) is 0 Å². The minimum absolute atomic E-state index is 0.0762. The maximum absolute atomic E-state index is 13.5. The molecule has 3 rings (SSSR count). The van der Waals surface area contributed by atoms with E-state index in [1.54, 1.807) is 12.1 Å². The van der Waals surface area contributed by atoms with Gasteiger partial charge in [0.15, 0.2) is 11.4 Å². The molecule has 0 spiro atoms. The van der Waals surface area contributed by atoms with Crippen LogP contribution in [0.25, 0.3) is 5.69 Å². The minimum Gasteiger partial charge on any atom is -0.320 e. The Morgan fingerprint density at radius 1 is 1.12 bits per heavy atom. The fraction of sp³-hybridized carbons (Fsp3) is 0.0625. The zero-order valence-corrected chi connectivity index (χ0v) is 14.3. The van der Waals surface area contributed by atoms with E-state index in [2.05, 4.69) is 31.6 Å². The van der Waals surface area contributed by atoms with E-state index in [1.807, 2.05) is 0 Å². The molecule has 0 bridgehead atoms. The molecule has 1 aromatic heterocycles. The molecule has 134 valence electrons. The molecular weight excluding hydrogens is 420 g/mol. The summed E-state index contributed by atoms with van der Waals surface area (Å²) in [6.45, 7) is 0. The van der Waals surface area contributed by atoms with E-state index < -0.39 is 29.3 Å². The number of nitrogens with one attached hydrogen (secondary N) is 1. The number of hydrogen-bond donors (Lipinski definition) is 1. The van der Waals surface area contributed by atoms with Crippen LogP contribution in [0.4, 0.5) is 23.2 Å². The summed E-state index contributed by atoms with van der Waals surface area (Å²) in [7, 11) is 0. The number of alkyl halides is 3. The van der Waals surface area contributed by atoms with E-state index in [-0.39, 0.29) is 11.4 Å². The summed E-state index contributed by atoms with van der Waals surface area (Å²) in [5.41, 5.74) is -2.03. The highest BCUT2D eigenvalue weighted by molar-refractivity contribution is 9.10. The highest BCUT2D eigenvalue weighted by atomic mass is 79.9. The lowest BCUT2D eigenvalue weighted by Crippen LogP contribution is -2.21. The summed E-state index contributed by atoms with van der Waals surface area (Å²) in [5.74, 6) is -1.68. The fourth-order valence-corrected chi connectivity index (χ4v) is 2.61. The van der Waals surface area contributed by atoms with Gasteiger partial charge in [0.2, 0.25) is 0 Å². The van der Waals surface area contributed by atoms with Crippen molar-refractivity contribution in [3.63, 3.8) is 0 Å². The second-order valence-electron chi connectivity index (χ2n) is 5.14. The molecule has 0 saturated carbocycles. The Labute approximate surface area is 152 Å². The second kappa shape index (κ2) is 6.87. The lowest BCUT2D eigenvalue weighted by Gasteiger charge is -2.11. The van der Waals surface area contributed by atoms with Gasteiger partial charge in [-0.05, 0) is 42.5 Å². The highest BCUT2D eigenvalue weighted by Gasteiger charge is 2.42. The van der Waals surface area contributed by atoms with Crippen molar-refractivity contribution in [1.29, 1.82) is 0 Å². The predicted octanol–water partition coefficient (Wildman–Crippen LogP) is 4.44. The second-order valence-corrected chi connectivity index (χ2v) is 6.05. The number of carbonyl (C=O) groups is 1. The fourth-order valence-electron chi connectivity index (χ4n) is 2.21. The van der Waals surface area contributed by atoms with Crippen LogP contribution in [-0.4, -0.2) is 20.9 Å². The van der Waals surface area contributed by atoms with E-state index in [0.29, 0.717) is 9.15 Å². The number of rotatable bonds is 3. The SMILES string of the molecule is O=C(Nc1cccc(Br)c1)c1nnn(-c2ccc(F)cc2)c1C(F)(F)F. The summed E-state index contributed by atoms with van der Waals surface area (Å²) >= 11 is 3.20. The first kappa shape index (κ1) is 18.1. The average Bonchev–Trinajstić information content (AvgIpc) is 3.01. The number of hydrogen-bond acceptors (Lipinski definition) is 3. The standard InChI is InChI=1S/C16H9BrF4N4O/c17-9-2-1-3-11(8-9)22-15(26)13-14(16(19,20)21)25(24-23-13)12-6-4-10(18)5-7-12/h1-8H,(H,22,26). The number of benzene rings is 2. The monoisotopic (exact) mass is 428 g/mol. The average molecular weight is 429 g/mol. The van der Waals surface area contributed by atoms with Gasteiger partial charge in [-0.2, -0.15) is 13.2 Å². The number of amides is 1. The summed E-state index contributed by atoms with van der Waals surface area (Å²) in [6, 6.07) is 10.5. The predicted molar refractivity (Wildman–Crippen MR) is 88.4 cm³/mol. The van der Waals surface area contributed by atoms with Gasteiger partial charge in [0.1, 0.15) is 5.82 Å². The first-order valence-corrected chi connectivity index (χ1v) is 7.91. The van der Waals surface area contributed by atoms with E-state index in [0.717, 1.165) is 24.3 Å². The van der Waals surface area contributed by atoms with E-state index >= 15 is 0 Å². The lowest BCUT2D eigenvalue weighted by molar-refractivity contribution is -0.143. The zero-order valence-electron chi connectivity index (χ0n) is 12.8. The molecule has 2 aromatic carbocycles. The normalized spacial score (nSPS) is 11.4. The summed E-state index contributed by atoms with van der Waals surface area (Å²) < 4.78 is 54.6. The molecular formula is C16H9BrF4N4O. The van der Waals surface area contributed by atoms with Crippen molar-refractivity contribution >= 4 is 27.5 Å². The molecule has 1 N–H and O–H groups in total. The topological polar surface area (TPSA) is 59.8 Å². The van der Waals surface area contributed by atoms with Crippen molar-refractivity contribution in [3.8, 4) is 5.69 Å². The van der Waals surface area contributed by atoms with Gasteiger partial charge in [0, 0.05) is 10.2 Å². The molecule has 0 fully saturated rings. The van der Waals surface area contributed by atoms with Gasteiger partial charge in [0.05, 0.1) is 5.69 Å². The molecule has 0 aliphatic carbocycles. The Hall–Kier alpha value is -2.75. The summed E-state index contributed by atoms with van der Waals surface area (Å²) in [6.07, 6.45) is -4.90. The maximum atomic E-state index is 13.5. The van der Waals surface area contributed by atoms with Crippen molar-refractivity contribution in [1.82, 2.24) is 15.0 Å². The largest absolute Gasteiger partial charge is 0.435 e. The quantitative estimate of drug-likeness (QED) is 0.627. The third-order valence-corrected chi connectivity index (χ3v) is 3.80. The van der Waals surface area contributed by atoms with Gasteiger partial charge in [-0.3, -0.25) is 4.79 Å². The first-order valence-electron chi connectivity index (χ1n) is 7.11. The molecule has 0 unspecified atom stereocenters. The van der Waals surface area contributed by atoms with Gasteiger partial charge in [-0.1, -0.05) is 27.2 Å².